The molecular weight excluding hydrogens is 438 g/mol. The number of carbonyl (C=O) groups excluding carboxylic acids is 2. The van der Waals surface area contributed by atoms with Crippen molar-refractivity contribution in [3.05, 3.63) is 47.8 Å². The third-order valence-corrected chi connectivity index (χ3v) is 6.11. The molecule has 0 aliphatic carbocycles. The van der Waals surface area contributed by atoms with Gasteiger partial charge in [0.2, 0.25) is 5.91 Å². The number of aliphatic hydroxyl groups excluding tert-OH is 1. The molecule has 1 aromatic heterocycles. The van der Waals surface area contributed by atoms with Gasteiger partial charge in [0.1, 0.15) is 6.61 Å². The maximum Gasteiger partial charge on any atom is 0.409 e. The number of benzene rings is 1. The molecule has 34 heavy (non-hydrogen) atoms. The fraction of sp³-hybridized carbons (Fsp3) is 0.583. The van der Waals surface area contributed by atoms with E-state index in [1.807, 2.05) is 44.2 Å². The molecule has 0 saturated carbocycles. The van der Waals surface area contributed by atoms with Gasteiger partial charge in [-0.05, 0) is 18.9 Å². The summed E-state index contributed by atoms with van der Waals surface area (Å²) in [6.45, 7) is 5.42. The van der Waals surface area contributed by atoms with E-state index in [1.54, 1.807) is 22.8 Å². The Hall–Kier alpha value is -2.98. The highest BCUT2D eigenvalue weighted by atomic mass is 16.6. The number of rotatable bonds is 6. The summed E-state index contributed by atoms with van der Waals surface area (Å²) in [6.07, 6.45) is 1.81. The smallest absolute Gasteiger partial charge is 0.409 e. The van der Waals surface area contributed by atoms with Gasteiger partial charge in [-0.2, -0.15) is 0 Å². The summed E-state index contributed by atoms with van der Waals surface area (Å²) in [4.78, 5) is 28.8. The Morgan fingerprint density at radius 3 is 2.85 bits per heavy atom. The molecule has 0 radical (unpaired) electrons. The van der Waals surface area contributed by atoms with Gasteiger partial charge in [-0.15, -0.1) is 5.10 Å². The van der Waals surface area contributed by atoms with Crippen LogP contribution in [-0.2, 0) is 34.0 Å². The van der Waals surface area contributed by atoms with Crippen LogP contribution in [0.3, 0.4) is 0 Å². The van der Waals surface area contributed by atoms with Crippen LogP contribution in [0.15, 0.2) is 36.5 Å². The Morgan fingerprint density at radius 2 is 2.12 bits per heavy atom. The summed E-state index contributed by atoms with van der Waals surface area (Å²) in [7, 11) is 1.67. The first kappa shape index (κ1) is 25.6. The normalized spacial score (nSPS) is 20.6. The predicted molar refractivity (Wildman–Crippen MR) is 125 cm³/mol. The van der Waals surface area contributed by atoms with Gasteiger partial charge in [0.05, 0.1) is 43.8 Å². The number of nitrogens with zero attached hydrogens (tertiary/aromatic N) is 5. The highest BCUT2D eigenvalue weighted by Gasteiger charge is 2.29. The summed E-state index contributed by atoms with van der Waals surface area (Å²) in [5, 5.41) is 17.8. The van der Waals surface area contributed by atoms with E-state index in [0.717, 1.165) is 11.3 Å². The van der Waals surface area contributed by atoms with Crippen molar-refractivity contribution in [1.82, 2.24) is 24.8 Å². The maximum absolute atomic E-state index is 12.9. The molecule has 0 saturated heterocycles. The van der Waals surface area contributed by atoms with Crippen LogP contribution in [0.5, 0.6) is 0 Å². The van der Waals surface area contributed by atoms with Gasteiger partial charge in [-0.1, -0.05) is 42.5 Å². The fourth-order valence-corrected chi connectivity index (χ4v) is 3.92. The van der Waals surface area contributed by atoms with Gasteiger partial charge in [0, 0.05) is 32.5 Å². The monoisotopic (exact) mass is 473 g/mol. The van der Waals surface area contributed by atoms with Gasteiger partial charge in [0.15, 0.2) is 0 Å². The molecule has 186 valence electrons. The highest BCUT2D eigenvalue weighted by molar-refractivity contribution is 5.76. The molecule has 1 N–H and O–H groups in total. The summed E-state index contributed by atoms with van der Waals surface area (Å²) in [5.41, 5.74) is 1.73. The lowest BCUT2D eigenvalue weighted by molar-refractivity contribution is -0.136. The quantitative estimate of drug-likeness (QED) is 0.684. The average Bonchev–Trinajstić information content (AvgIpc) is 3.29. The average molecular weight is 474 g/mol. The standard InChI is InChI=1S/C24H35N5O5/c1-18-13-28(19(2)15-30)23(31)10-7-11-29-21(12-25-26-29)17-33-22(18)14-27(3)24(32)34-16-20-8-5-4-6-9-20/h4-6,8-9,12,18-19,22,30H,7,10-11,13-17H2,1-3H3/t18-,19+,22+/m0/s1. The van der Waals surface area contributed by atoms with Gasteiger partial charge in [-0.25, -0.2) is 9.48 Å². The van der Waals surface area contributed by atoms with Crippen LogP contribution in [0.4, 0.5) is 4.79 Å². The van der Waals surface area contributed by atoms with Crippen LogP contribution >= 0.6 is 0 Å². The number of amides is 2. The van der Waals surface area contributed by atoms with E-state index in [4.69, 9.17) is 9.47 Å². The Bertz CT molecular complexity index is 921. The summed E-state index contributed by atoms with van der Waals surface area (Å²) < 4.78 is 13.4. The van der Waals surface area contributed by atoms with Gasteiger partial charge >= 0.3 is 6.09 Å². The molecule has 3 rings (SSSR count). The van der Waals surface area contributed by atoms with E-state index in [9.17, 15) is 14.7 Å². The molecule has 0 unspecified atom stereocenters. The van der Waals surface area contributed by atoms with Gasteiger partial charge in [-0.3, -0.25) is 4.79 Å². The van der Waals surface area contributed by atoms with Crippen LogP contribution in [0.2, 0.25) is 0 Å². The lowest BCUT2D eigenvalue weighted by Crippen LogP contribution is -2.48. The van der Waals surface area contributed by atoms with E-state index in [2.05, 4.69) is 10.3 Å². The number of carbonyl (C=O) groups is 2. The lowest BCUT2D eigenvalue weighted by atomic mass is 10.0. The van der Waals surface area contributed by atoms with Gasteiger partial charge in [0.25, 0.3) is 0 Å². The molecule has 0 spiro atoms. The van der Waals surface area contributed by atoms with E-state index in [0.29, 0.717) is 32.5 Å². The van der Waals surface area contributed by atoms with E-state index in [-0.39, 0.29) is 43.7 Å². The fourth-order valence-electron chi connectivity index (χ4n) is 3.92. The van der Waals surface area contributed by atoms with Crippen molar-refractivity contribution in [1.29, 1.82) is 0 Å². The second-order valence-electron chi connectivity index (χ2n) is 8.88. The largest absolute Gasteiger partial charge is 0.445 e. The number of hydrogen-bond acceptors (Lipinski definition) is 7. The van der Waals surface area contributed by atoms with Gasteiger partial charge < -0.3 is 24.4 Å². The number of hydrogen-bond donors (Lipinski definition) is 1. The molecule has 2 aromatic rings. The maximum atomic E-state index is 12.9. The summed E-state index contributed by atoms with van der Waals surface area (Å²) >= 11 is 0. The highest BCUT2D eigenvalue weighted by Crippen LogP contribution is 2.18. The number of aryl methyl sites for hydroxylation is 1. The molecule has 1 aliphatic heterocycles. The minimum absolute atomic E-state index is 0.0231. The van der Waals surface area contributed by atoms with Crippen molar-refractivity contribution in [2.75, 3.05) is 26.7 Å². The molecule has 10 heteroatoms. The predicted octanol–water partition coefficient (Wildman–Crippen LogP) is 2.07. The molecule has 10 nitrogen and oxygen atoms in total. The number of aliphatic hydroxyl groups is 1. The van der Waals surface area contributed by atoms with Crippen LogP contribution in [0.25, 0.3) is 0 Å². The minimum Gasteiger partial charge on any atom is -0.445 e. The van der Waals surface area contributed by atoms with Crippen LogP contribution < -0.4 is 0 Å². The number of ether oxygens (including phenoxy) is 2. The van der Waals surface area contributed by atoms with Crippen molar-refractivity contribution in [3.8, 4) is 0 Å². The summed E-state index contributed by atoms with van der Waals surface area (Å²) in [5.74, 6) is -0.129. The SMILES string of the molecule is C[C@H](CO)N1C[C@H](C)[C@@H](CN(C)C(=O)OCc2ccccc2)OCc2cnnn2CCCC1=O. The van der Waals surface area contributed by atoms with E-state index >= 15 is 0 Å². The molecule has 1 aromatic carbocycles. The third-order valence-electron chi connectivity index (χ3n) is 6.11. The first-order valence-electron chi connectivity index (χ1n) is 11.7. The van der Waals surface area contributed by atoms with E-state index in [1.165, 1.54) is 4.90 Å². The van der Waals surface area contributed by atoms with Crippen LogP contribution in [0, 0.1) is 5.92 Å². The van der Waals surface area contributed by atoms with Crippen LogP contribution in [0.1, 0.15) is 37.9 Å². The number of aromatic nitrogens is 3. The lowest BCUT2D eigenvalue weighted by Gasteiger charge is -2.35. The molecular formula is C24H35N5O5. The molecule has 0 bridgehead atoms. The van der Waals surface area contributed by atoms with Crippen LogP contribution in [-0.4, -0.2) is 80.8 Å². The van der Waals surface area contributed by atoms with Crippen molar-refractivity contribution < 1.29 is 24.2 Å². The molecule has 2 amide bonds. The molecule has 0 fully saturated rings. The van der Waals surface area contributed by atoms with E-state index < -0.39 is 6.09 Å². The Balaban J connectivity index is 1.71. The van der Waals surface area contributed by atoms with Crippen molar-refractivity contribution in [3.63, 3.8) is 0 Å². The summed E-state index contributed by atoms with van der Waals surface area (Å²) in [6, 6.07) is 9.19. The second kappa shape index (κ2) is 12.5. The second-order valence-corrected chi connectivity index (χ2v) is 8.88. The number of fused-ring (bicyclic) bond motifs is 1. The molecule has 1 aliphatic rings. The first-order valence-corrected chi connectivity index (χ1v) is 11.7. The topological polar surface area (TPSA) is 110 Å². The third kappa shape index (κ3) is 7.01. The molecule has 3 atom stereocenters. The Morgan fingerprint density at radius 1 is 1.35 bits per heavy atom. The zero-order valence-electron chi connectivity index (χ0n) is 20.2. The Labute approximate surface area is 200 Å². The number of likely N-dealkylation sites (N-methyl/N-ethyl adjacent to an activating group) is 1. The van der Waals surface area contributed by atoms with Crippen molar-refractivity contribution in [2.45, 2.75) is 58.6 Å². The zero-order chi connectivity index (χ0) is 24.5. The van der Waals surface area contributed by atoms with Crippen molar-refractivity contribution in [2.24, 2.45) is 5.92 Å². The van der Waals surface area contributed by atoms with Crippen molar-refractivity contribution >= 4 is 12.0 Å². The Kier molecular flexibility index (Phi) is 9.41. The first-order chi connectivity index (χ1) is 16.4. The zero-order valence-corrected chi connectivity index (χ0v) is 20.2. The minimum atomic E-state index is -0.450. The molecule has 2 heterocycles.